The zero-order valence-electron chi connectivity index (χ0n) is 34.9. The zero-order valence-corrected chi connectivity index (χ0v) is 36.5. The first kappa shape index (κ1) is 43.9. The minimum Gasteiger partial charge on any atom is -0.497 e. The molecule has 1 saturated heterocycles. The van der Waals surface area contributed by atoms with Crippen LogP contribution >= 0.6 is 0 Å². The number of anilines is 1. The molecule has 6 N–H and O–H groups in total. The number of nitrogens with zero attached hydrogens (tertiary/aromatic N) is 6. The van der Waals surface area contributed by atoms with Gasteiger partial charge >= 0.3 is 6.09 Å². The fraction of sp³-hybridized carbons (Fsp3) is 0.341. The van der Waals surface area contributed by atoms with E-state index >= 15 is 0 Å². The van der Waals surface area contributed by atoms with Crippen molar-refractivity contribution in [3.63, 3.8) is 0 Å². The number of tetrazole rings is 1. The third-order valence-electron chi connectivity index (χ3n) is 9.98. The summed E-state index contributed by atoms with van der Waals surface area (Å²) in [6, 6.07) is 21.4. The number of aromatic amines is 1. The Morgan fingerprint density at radius 1 is 0.903 bits per heavy atom. The van der Waals surface area contributed by atoms with Crippen LogP contribution in [-0.4, -0.2) is 110 Å². The molecule has 7 rings (SSSR count). The number of carbonyl (C=O) groups excluding carboxylic acids is 1. The Balaban J connectivity index is 1.30. The van der Waals surface area contributed by atoms with Crippen LogP contribution in [0.5, 0.6) is 11.5 Å². The Kier molecular flexibility index (Phi) is 12.8. The van der Waals surface area contributed by atoms with Gasteiger partial charge in [-0.15, -0.1) is 10.2 Å². The third kappa shape index (κ3) is 10.3. The van der Waals surface area contributed by atoms with Gasteiger partial charge in [0.05, 0.1) is 37.4 Å². The SMILES string of the molecule is COc1ccc(CNS(=O)(=O)c2c(S(=O)(=O)N[C@@H]3CCN(CCNC(=O)OC(C)(C)C)C3)ccc(-c3cccc4[nH]c(N)nc34)c2-c2nnn(Cc3ccc(OC)cc3)n2)cc1. The number of H-pyrrole nitrogens is 1. The van der Waals surface area contributed by atoms with E-state index in [1.165, 1.54) is 24.0 Å². The van der Waals surface area contributed by atoms with E-state index in [4.69, 9.17) is 19.9 Å². The molecule has 0 saturated carbocycles. The first-order chi connectivity index (χ1) is 29.5. The molecule has 62 heavy (non-hydrogen) atoms. The van der Waals surface area contributed by atoms with Crippen LogP contribution < -0.4 is 30.0 Å². The van der Waals surface area contributed by atoms with Gasteiger partial charge in [-0.3, -0.25) is 4.90 Å². The van der Waals surface area contributed by atoms with E-state index in [9.17, 15) is 21.6 Å². The molecule has 21 heteroatoms. The molecule has 1 aliphatic rings. The highest BCUT2D eigenvalue weighted by molar-refractivity contribution is 7.92. The smallest absolute Gasteiger partial charge is 0.407 e. The van der Waals surface area contributed by atoms with Gasteiger partial charge in [0, 0.05) is 37.8 Å². The quantitative estimate of drug-likeness (QED) is 0.0926. The van der Waals surface area contributed by atoms with Crippen LogP contribution in [0.25, 0.3) is 33.5 Å². The van der Waals surface area contributed by atoms with Crippen molar-refractivity contribution < 1.29 is 35.8 Å². The van der Waals surface area contributed by atoms with E-state index in [1.807, 2.05) is 17.0 Å². The highest BCUT2D eigenvalue weighted by Crippen LogP contribution is 2.41. The Hall–Kier alpha value is -6.13. The predicted octanol–water partition coefficient (Wildman–Crippen LogP) is 3.89. The summed E-state index contributed by atoms with van der Waals surface area (Å²) in [7, 11) is -6.22. The topological polar surface area (TPSA) is 251 Å². The van der Waals surface area contributed by atoms with E-state index in [2.05, 4.69) is 40.1 Å². The van der Waals surface area contributed by atoms with E-state index in [0.29, 0.717) is 59.7 Å². The number of benzene rings is 4. The van der Waals surface area contributed by atoms with Crippen LogP contribution in [0.15, 0.2) is 88.7 Å². The number of ether oxygens (including phenoxy) is 3. The molecular weight excluding hydrogens is 839 g/mol. The molecule has 0 spiro atoms. The number of para-hydroxylation sites is 1. The maximum absolute atomic E-state index is 14.9. The van der Waals surface area contributed by atoms with Crippen LogP contribution in [0.4, 0.5) is 10.7 Å². The number of nitrogen functional groups attached to an aromatic ring is 1. The number of alkyl carbamates (subject to hydrolysis) is 1. The van der Waals surface area contributed by atoms with E-state index in [0.717, 1.165) is 5.56 Å². The first-order valence-electron chi connectivity index (χ1n) is 19.7. The van der Waals surface area contributed by atoms with Gasteiger partial charge in [-0.1, -0.05) is 42.5 Å². The van der Waals surface area contributed by atoms with E-state index < -0.39 is 47.6 Å². The van der Waals surface area contributed by atoms with Gasteiger partial charge in [-0.25, -0.2) is 36.1 Å². The molecular formula is C41H49N11O8S2. The number of nitrogens with two attached hydrogens (primary N) is 1. The van der Waals surface area contributed by atoms with Crippen molar-refractivity contribution in [2.24, 2.45) is 0 Å². The highest BCUT2D eigenvalue weighted by Gasteiger charge is 2.36. The van der Waals surface area contributed by atoms with Crippen molar-refractivity contribution in [1.82, 2.24) is 49.8 Å². The molecule has 1 aliphatic heterocycles. The third-order valence-corrected chi connectivity index (χ3v) is 13.2. The monoisotopic (exact) mass is 887 g/mol. The lowest BCUT2D eigenvalue weighted by Gasteiger charge is -2.21. The summed E-state index contributed by atoms with van der Waals surface area (Å²) in [5.41, 5.74) is 8.37. The number of imidazole rings is 1. The molecule has 1 atom stereocenters. The number of sulfonamides is 2. The van der Waals surface area contributed by atoms with Gasteiger partial charge in [-0.2, -0.15) is 4.80 Å². The summed E-state index contributed by atoms with van der Waals surface area (Å²) in [5, 5.41) is 16.0. The van der Waals surface area contributed by atoms with Gasteiger partial charge in [-0.05, 0) is 92.0 Å². The Morgan fingerprint density at radius 2 is 1.60 bits per heavy atom. The summed E-state index contributed by atoms with van der Waals surface area (Å²) in [5.74, 6) is 1.21. The van der Waals surface area contributed by atoms with Crippen molar-refractivity contribution in [1.29, 1.82) is 0 Å². The second-order valence-electron chi connectivity index (χ2n) is 15.6. The molecule has 0 bridgehead atoms. The van der Waals surface area contributed by atoms with Crippen LogP contribution in [0, 0.1) is 0 Å². The minimum atomic E-state index is -4.73. The molecule has 0 radical (unpaired) electrons. The number of likely N-dealkylation sites (tertiary alicyclic amines) is 1. The highest BCUT2D eigenvalue weighted by atomic mass is 32.2. The van der Waals surface area contributed by atoms with Gasteiger partial charge < -0.3 is 30.2 Å². The van der Waals surface area contributed by atoms with Crippen molar-refractivity contribution in [3.8, 4) is 34.0 Å². The molecule has 2 aromatic heterocycles. The first-order valence-corrected chi connectivity index (χ1v) is 22.7. The van der Waals surface area contributed by atoms with Crippen LogP contribution in [0.2, 0.25) is 0 Å². The fourth-order valence-electron chi connectivity index (χ4n) is 7.10. The van der Waals surface area contributed by atoms with Crippen molar-refractivity contribution >= 4 is 43.1 Å². The Labute approximate surface area is 359 Å². The summed E-state index contributed by atoms with van der Waals surface area (Å²) in [6.45, 7) is 6.83. The van der Waals surface area contributed by atoms with Crippen molar-refractivity contribution in [2.75, 3.05) is 46.1 Å². The molecule has 4 aromatic carbocycles. The number of hydrogen-bond donors (Lipinski definition) is 5. The van der Waals surface area contributed by atoms with E-state index in [-0.39, 0.29) is 42.5 Å². The number of hydrogen-bond acceptors (Lipinski definition) is 14. The number of nitrogens with one attached hydrogen (secondary N) is 4. The molecule has 328 valence electrons. The summed E-state index contributed by atoms with van der Waals surface area (Å²) >= 11 is 0. The average Bonchev–Trinajstić information content (AvgIpc) is 3.98. The largest absolute Gasteiger partial charge is 0.497 e. The minimum absolute atomic E-state index is 0.119. The lowest BCUT2D eigenvalue weighted by molar-refractivity contribution is 0.0523. The fourth-order valence-corrected chi connectivity index (χ4v) is 10.4. The van der Waals surface area contributed by atoms with Gasteiger partial charge in [0.25, 0.3) is 0 Å². The molecule has 6 aromatic rings. The Morgan fingerprint density at radius 3 is 2.27 bits per heavy atom. The molecule has 0 unspecified atom stereocenters. The maximum Gasteiger partial charge on any atom is 0.407 e. The van der Waals surface area contributed by atoms with Gasteiger partial charge in [0.15, 0.2) is 5.95 Å². The summed E-state index contributed by atoms with van der Waals surface area (Å²) in [6.07, 6.45) is -0.122. The zero-order chi connectivity index (χ0) is 44.2. The standard InChI is InChI=1S/C41H49N11O8S2/c1-41(2,3)60-40(53)43-20-22-51-21-19-28(25-51)49-61(54,55)34-18-17-31(32-7-6-8-33-36(32)46-39(42)45-33)35(37(34)62(56,57)44-23-26-9-13-29(58-4)14-10-26)38-47-50-52(48-38)24-27-11-15-30(59-5)16-12-27/h6-18,28,44,49H,19-25H2,1-5H3,(H,43,53)(H3,42,45,46)/t28-/m1/s1. The van der Waals surface area contributed by atoms with Crippen molar-refractivity contribution in [3.05, 3.63) is 90.0 Å². The van der Waals surface area contributed by atoms with Crippen LogP contribution in [-0.2, 0) is 37.9 Å². The molecule has 19 nitrogen and oxygen atoms in total. The van der Waals surface area contributed by atoms with E-state index in [1.54, 1.807) is 82.5 Å². The lowest BCUT2D eigenvalue weighted by atomic mass is 9.98. The maximum atomic E-state index is 14.9. The predicted molar refractivity (Wildman–Crippen MR) is 231 cm³/mol. The second-order valence-corrected chi connectivity index (χ2v) is 19.0. The van der Waals surface area contributed by atoms with Crippen LogP contribution in [0.3, 0.4) is 0 Å². The molecule has 0 aliphatic carbocycles. The number of methoxy groups -OCH3 is 2. The molecule has 1 fully saturated rings. The van der Waals surface area contributed by atoms with Gasteiger partial charge in [0.1, 0.15) is 26.9 Å². The number of amides is 1. The average molecular weight is 888 g/mol. The van der Waals surface area contributed by atoms with Crippen molar-refractivity contribution in [2.45, 2.75) is 61.7 Å². The number of carbonyl (C=O) groups is 1. The summed E-state index contributed by atoms with van der Waals surface area (Å²) in [4.78, 5) is 21.8. The Bertz CT molecular complexity index is 2770. The summed E-state index contributed by atoms with van der Waals surface area (Å²) < 4.78 is 80.5. The van der Waals surface area contributed by atoms with Crippen LogP contribution in [0.1, 0.15) is 38.3 Å². The number of fused-ring (bicyclic) bond motifs is 1. The lowest BCUT2D eigenvalue weighted by Crippen LogP contribution is -2.40. The number of aromatic nitrogens is 6. The molecule has 3 heterocycles. The second kappa shape index (κ2) is 18.1. The normalized spacial score (nSPS) is 14.9. The molecule has 1 amide bonds. The number of rotatable bonds is 16. The van der Waals surface area contributed by atoms with Gasteiger partial charge in [0.2, 0.25) is 25.9 Å².